The van der Waals surface area contributed by atoms with Crippen LogP contribution in [-0.2, 0) is 4.79 Å². The summed E-state index contributed by atoms with van der Waals surface area (Å²) in [7, 11) is 0. The van der Waals surface area contributed by atoms with Crippen LogP contribution in [0.15, 0.2) is 54.6 Å². The first kappa shape index (κ1) is 17.6. The van der Waals surface area contributed by atoms with E-state index in [9.17, 15) is 18.0 Å². The van der Waals surface area contributed by atoms with Crippen LogP contribution < -0.4 is 10.1 Å². The lowest BCUT2D eigenvalue weighted by molar-refractivity contribution is -0.153. The number of rotatable bonds is 5. The van der Waals surface area contributed by atoms with Gasteiger partial charge in [0.2, 0.25) is 5.91 Å². The van der Waals surface area contributed by atoms with Crippen molar-refractivity contribution in [2.45, 2.75) is 13.1 Å². The van der Waals surface area contributed by atoms with E-state index in [0.29, 0.717) is 0 Å². The Bertz CT molecular complexity index is 725. The molecular weight excluding hydrogens is 319 g/mol. The van der Waals surface area contributed by atoms with E-state index in [4.69, 9.17) is 4.74 Å². The Labute approximate surface area is 137 Å². The fourth-order valence-electron chi connectivity index (χ4n) is 1.92. The maximum absolute atomic E-state index is 12.3. The molecule has 0 saturated heterocycles. The zero-order valence-electron chi connectivity index (χ0n) is 12.9. The van der Waals surface area contributed by atoms with Crippen molar-refractivity contribution < 1.29 is 22.7 Å². The first-order valence-electron chi connectivity index (χ1n) is 7.18. The molecule has 126 valence electrons. The van der Waals surface area contributed by atoms with Crippen molar-refractivity contribution in [3.05, 3.63) is 65.7 Å². The zero-order valence-corrected chi connectivity index (χ0v) is 12.9. The SMILES string of the molecule is Cc1ccc(NC(=O)C=Cc2ccccc2)c(OCC(F)(F)F)c1. The monoisotopic (exact) mass is 335 g/mol. The predicted molar refractivity (Wildman–Crippen MR) is 86.8 cm³/mol. The third-order valence-electron chi connectivity index (χ3n) is 3.01. The second kappa shape index (κ2) is 7.68. The van der Waals surface area contributed by atoms with Gasteiger partial charge in [-0.1, -0.05) is 36.4 Å². The molecule has 0 heterocycles. The first-order valence-corrected chi connectivity index (χ1v) is 7.18. The van der Waals surface area contributed by atoms with Gasteiger partial charge in [0, 0.05) is 6.08 Å². The molecule has 0 bridgehead atoms. The van der Waals surface area contributed by atoms with E-state index in [-0.39, 0.29) is 11.4 Å². The molecule has 0 aromatic heterocycles. The minimum absolute atomic E-state index is 0.0196. The average Bonchev–Trinajstić information content (AvgIpc) is 2.53. The van der Waals surface area contributed by atoms with Gasteiger partial charge < -0.3 is 10.1 Å². The average molecular weight is 335 g/mol. The Hall–Kier alpha value is -2.76. The standard InChI is InChI=1S/C18H16F3NO2/c1-13-7-9-15(16(11-13)24-12-18(19,20)21)22-17(23)10-8-14-5-3-2-4-6-14/h2-11H,12H2,1H3,(H,22,23). The molecule has 2 aromatic rings. The smallest absolute Gasteiger partial charge is 0.422 e. The van der Waals surface area contributed by atoms with Gasteiger partial charge in [-0.25, -0.2) is 0 Å². The van der Waals surface area contributed by atoms with Crippen LogP contribution in [0.4, 0.5) is 18.9 Å². The summed E-state index contributed by atoms with van der Waals surface area (Å²) in [5.41, 5.74) is 1.75. The Kier molecular flexibility index (Phi) is 5.63. The van der Waals surface area contributed by atoms with Crippen LogP contribution in [0.5, 0.6) is 5.75 Å². The molecule has 0 unspecified atom stereocenters. The third-order valence-corrected chi connectivity index (χ3v) is 3.01. The van der Waals surface area contributed by atoms with Gasteiger partial charge in [-0.05, 0) is 36.3 Å². The number of carbonyl (C=O) groups is 1. The van der Waals surface area contributed by atoms with E-state index in [1.54, 1.807) is 19.1 Å². The molecule has 0 fully saturated rings. The molecule has 24 heavy (non-hydrogen) atoms. The van der Waals surface area contributed by atoms with E-state index in [1.165, 1.54) is 18.2 Å². The van der Waals surface area contributed by atoms with Crippen molar-refractivity contribution >= 4 is 17.7 Å². The van der Waals surface area contributed by atoms with Crippen molar-refractivity contribution in [1.29, 1.82) is 0 Å². The van der Waals surface area contributed by atoms with Crippen molar-refractivity contribution in [3.8, 4) is 5.75 Å². The highest BCUT2D eigenvalue weighted by atomic mass is 19.4. The van der Waals surface area contributed by atoms with E-state index in [2.05, 4.69) is 5.32 Å². The van der Waals surface area contributed by atoms with E-state index < -0.39 is 18.7 Å². The number of hydrogen-bond acceptors (Lipinski definition) is 2. The van der Waals surface area contributed by atoms with Gasteiger partial charge in [0.25, 0.3) is 0 Å². The highest BCUT2D eigenvalue weighted by Gasteiger charge is 2.28. The lowest BCUT2D eigenvalue weighted by Gasteiger charge is -2.14. The maximum atomic E-state index is 12.3. The molecular formula is C18H16F3NO2. The minimum atomic E-state index is -4.45. The van der Waals surface area contributed by atoms with Crippen LogP contribution in [0, 0.1) is 6.92 Å². The van der Waals surface area contributed by atoms with Crippen molar-refractivity contribution in [1.82, 2.24) is 0 Å². The number of nitrogens with one attached hydrogen (secondary N) is 1. The second-order valence-electron chi connectivity index (χ2n) is 5.14. The van der Waals surface area contributed by atoms with Crippen LogP contribution in [-0.4, -0.2) is 18.7 Å². The van der Waals surface area contributed by atoms with Gasteiger partial charge >= 0.3 is 6.18 Å². The largest absolute Gasteiger partial charge is 0.482 e. The Morgan fingerprint density at radius 1 is 1.17 bits per heavy atom. The predicted octanol–water partition coefficient (Wildman–Crippen LogP) is 4.59. The number of benzene rings is 2. The highest BCUT2D eigenvalue weighted by Crippen LogP contribution is 2.28. The van der Waals surface area contributed by atoms with Crippen LogP contribution >= 0.6 is 0 Å². The van der Waals surface area contributed by atoms with Crippen LogP contribution in [0.1, 0.15) is 11.1 Å². The second-order valence-corrected chi connectivity index (χ2v) is 5.14. The zero-order chi connectivity index (χ0) is 17.6. The molecule has 1 N–H and O–H groups in total. The Morgan fingerprint density at radius 3 is 2.54 bits per heavy atom. The van der Waals surface area contributed by atoms with Gasteiger partial charge in [-0.2, -0.15) is 13.2 Å². The lowest BCUT2D eigenvalue weighted by atomic mass is 10.2. The third kappa shape index (κ3) is 5.79. The highest BCUT2D eigenvalue weighted by molar-refractivity contribution is 6.02. The van der Waals surface area contributed by atoms with Crippen LogP contribution in [0.25, 0.3) is 6.08 Å². The molecule has 2 aromatic carbocycles. The quantitative estimate of drug-likeness (QED) is 0.812. The molecule has 0 radical (unpaired) electrons. The molecule has 0 aliphatic carbocycles. The summed E-state index contributed by atoms with van der Waals surface area (Å²) in [6.45, 7) is 0.306. The summed E-state index contributed by atoms with van der Waals surface area (Å²) in [4.78, 5) is 11.9. The van der Waals surface area contributed by atoms with Crippen LogP contribution in [0.3, 0.4) is 0 Å². The molecule has 1 amide bonds. The van der Waals surface area contributed by atoms with Crippen LogP contribution in [0.2, 0.25) is 0 Å². The number of ether oxygens (including phenoxy) is 1. The van der Waals surface area contributed by atoms with Crippen molar-refractivity contribution in [3.63, 3.8) is 0 Å². The topological polar surface area (TPSA) is 38.3 Å². The lowest BCUT2D eigenvalue weighted by Crippen LogP contribution is -2.20. The number of halogens is 3. The van der Waals surface area contributed by atoms with E-state index in [0.717, 1.165) is 11.1 Å². The van der Waals surface area contributed by atoms with Crippen molar-refractivity contribution in [2.24, 2.45) is 0 Å². The van der Waals surface area contributed by atoms with E-state index >= 15 is 0 Å². The van der Waals surface area contributed by atoms with Gasteiger partial charge in [0.05, 0.1) is 5.69 Å². The van der Waals surface area contributed by atoms with Gasteiger partial charge in [-0.3, -0.25) is 4.79 Å². The number of alkyl halides is 3. The molecule has 0 spiro atoms. The fourth-order valence-corrected chi connectivity index (χ4v) is 1.92. The summed E-state index contributed by atoms with van der Waals surface area (Å²) in [6.07, 6.45) is -1.53. The number of carbonyl (C=O) groups excluding carboxylic acids is 1. The number of anilines is 1. The molecule has 2 rings (SSSR count). The normalized spacial score (nSPS) is 11.5. The number of aryl methyl sites for hydroxylation is 1. The van der Waals surface area contributed by atoms with Gasteiger partial charge in [0.15, 0.2) is 6.61 Å². The molecule has 0 saturated carbocycles. The van der Waals surface area contributed by atoms with Gasteiger partial charge in [0.1, 0.15) is 5.75 Å². The van der Waals surface area contributed by atoms with E-state index in [1.807, 2.05) is 30.3 Å². The summed E-state index contributed by atoms with van der Waals surface area (Å²) in [6, 6.07) is 13.8. The molecule has 0 atom stereocenters. The van der Waals surface area contributed by atoms with Gasteiger partial charge in [-0.15, -0.1) is 0 Å². The molecule has 0 aliphatic rings. The Morgan fingerprint density at radius 2 is 1.88 bits per heavy atom. The Balaban J connectivity index is 2.08. The summed E-state index contributed by atoms with van der Waals surface area (Å²) in [5.74, 6) is -0.478. The summed E-state index contributed by atoms with van der Waals surface area (Å²) >= 11 is 0. The maximum Gasteiger partial charge on any atom is 0.422 e. The van der Waals surface area contributed by atoms with Crippen molar-refractivity contribution in [2.75, 3.05) is 11.9 Å². The molecule has 3 nitrogen and oxygen atoms in total. The fraction of sp³-hybridized carbons (Fsp3) is 0.167. The summed E-state index contributed by atoms with van der Waals surface area (Å²) < 4.78 is 41.7. The first-order chi connectivity index (χ1) is 11.3. The molecule has 0 aliphatic heterocycles. The summed E-state index contributed by atoms with van der Waals surface area (Å²) in [5, 5.41) is 2.53. The minimum Gasteiger partial charge on any atom is -0.482 e. The number of hydrogen-bond donors (Lipinski definition) is 1. The molecule has 6 heteroatoms. The number of amides is 1.